The Labute approximate surface area is 141 Å². The zero-order valence-electron chi connectivity index (χ0n) is 10.5. The van der Waals surface area contributed by atoms with Gasteiger partial charge in [0.15, 0.2) is 0 Å². The maximum Gasteiger partial charge on any atom is 1.00 e. The van der Waals surface area contributed by atoms with Crippen molar-refractivity contribution in [3.8, 4) is 0 Å². The van der Waals surface area contributed by atoms with Gasteiger partial charge >= 0.3 is 51.4 Å². The molecule has 0 aromatic rings. The first-order valence-electron chi connectivity index (χ1n) is 5.52. The molecule has 2 atom stereocenters. The van der Waals surface area contributed by atoms with Crippen LogP contribution < -0.4 is 51.4 Å². The maximum atomic E-state index is 10.6. The van der Waals surface area contributed by atoms with E-state index in [-0.39, 0.29) is 51.4 Å². The van der Waals surface area contributed by atoms with Crippen LogP contribution >= 0.6 is 0 Å². The quantitative estimate of drug-likeness (QED) is 0.338. The van der Waals surface area contributed by atoms with Crippen molar-refractivity contribution in [1.82, 2.24) is 0 Å². The molecule has 0 saturated heterocycles. The van der Waals surface area contributed by atoms with Crippen molar-refractivity contribution >= 4 is 10.1 Å². The van der Waals surface area contributed by atoms with E-state index >= 15 is 0 Å². The fraction of sp³-hybridized carbons (Fsp3) is 1.00. The second kappa shape index (κ2) is 10.4. The zero-order valence-corrected chi connectivity index (χ0v) is 14.4. The van der Waals surface area contributed by atoms with E-state index in [0.29, 0.717) is 6.42 Å². The average Bonchev–Trinajstić information content (AvgIpc) is 2.14. The van der Waals surface area contributed by atoms with Crippen molar-refractivity contribution < 1.29 is 69.5 Å². The summed E-state index contributed by atoms with van der Waals surface area (Å²) in [6.07, 6.45) is 4.54. The molecule has 0 aliphatic carbocycles. The van der Waals surface area contributed by atoms with Crippen LogP contribution in [0.3, 0.4) is 0 Å². The Hall–Kier alpha value is 1.51. The Morgan fingerprint density at radius 2 is 1.69 bits per heavy atom. The van der Waals surface area contributed by atoms with E-state index in [4.69, 9.17) is 0 Å². The smallest absolute Gasteiger partial charge is 0.748 e. The fourth-order valence-corrected chi connectivity index (χ4v) is 1.90. The summed E-state index contributed by atoms with van der Waals surface area (Å²) in [5, 5.41) is 8.24. The monoisotopic (exact) mass is 276 g/mol. The Kier molecular flexibility index (Phi) is 12.9. The number of unbranched alkanes of at least 4 members (excludes halogenated alkanes) is 4. The first-order valence-corrected chi connectivity index (χ1v) is 6.99. The standard InChI is InChI=1S/C10H22O4S.K/c1-3-4-5-6-7-8-10(11)9(2)15(12,13)14;/h9-11H,3-8H2,1-2H3,(H,12,13,14);/q;+1/p-1. The topological polar surface area (TPSA) is 77.4 Å². The van der Waals surface area contributed by atoms with Crippen LogP contribution in [0.25, 0.3) is 0 Å². The summed E-state index contributed by atoms with van der Waals surface area (Å²) in [7, 11) is -4.35. The molecule has 0 radical (unpaired) electrons. The molecule has 0 spiro atoms. The molecule has 1 N–H and O–H groups in total. The van der Waals surface area contributed by atoms with E-state index in [1.807, 2.05) is 0 Å². The minimum Gasteiger partial charge on any atom is -0.748 e. The predicted molar refractivity (Wildman–Crippen MR) is 58.5 cm³/mol. The van der Waals surface area contributed by atoms with E-state index in [1.165, 1.54) is 6.92 Å². The van der Waals surface area contributed by atoms with Crippen LogP contribution in [0, 0.1) is 0 Å². The Bertz CT molecular complexity index is 254. The molecule has 0 rings (SSSR count). The molecule has 4 nitrogen and oxygen atoms in total. The number of hydrogen-bond acceptors (Lipinski definition) is 4. The summed E-state index contributed by atoms with van der Waals surface area (Å²) < 4.78 is 31.8. The minimum atomic E-state index is -4.35. The molecular formula is C10H21KO4S. The van der Waals surface area contributed by atoms with Gasteiger partial charge in [-0.1, -0.05) is 39.0 Å². The van der Waals surface area contributed by atoms with Gasteiger partial charge < -0.3 is 9.66 Å². The molecule has 6 heteroatoms. The largest absolute Gasteiger partial charge is 1.00 e. The van der Waals surface area contributed by atoms with Gasteiger partial charge in [-0.05, 0) is 13.3 Å². The van der Waals surface area contributed by atoms with Crippen LogP contribution in [0.15, 0.2) is 0 Å². The van der Waals surface area contributed by atoms with Crippen molar-refractivity contribution in [2.45, 2.75) is 63.7 Å². The molecule has 0 aromatic carbocycles. The zero-order chi connectivity index (χ0) is 11.9. The summed E-state index contributed by atoms with van der Waals surface area (Å²) >= 11 is 0. The third-order valence-electron chi connectivity index (χ3n) is 2.60. The van der Waals surface area contributed by atoms with Gasteiger partial charge in [0.25, 0.3) is 0 Å². The third kappa shape index (κ3) is 9.53. The van der Waals surface area contributed by atoms with Crippen molar-refractivity contribution in [1.29, 1.82) is 0 Å². The second-order valence-corrected chi connectivity index (χ2v) is 5.70. The number of aliphatic hydroxyl groups excluding tert-OH is 1. The average molecular weight is 276 g/mol. The van der Waals surface area contributed by atoms with Crippen LogP contribution in [-0.4, -0.2) is 29.4 Å². The van der Waals surface area contributed by atoms with Gasteiger partial charge in [-0.25, -0.2) is 8.42 Å². The van der Waals surface area contributed by atoms with E-state index in [0.717, 1.165) is 32.1 Å². The molecule has 0 amide bonds. The van der Waals surface area contributed by atoms with E-state index in [1.54, 1.807) is 0 Å². The van der Waals surface area contributed by atoms with Gasteiger partial charge in [-0.15, -0.1) is 0 Å². The van der Waals surface area contributed by atoms with Crippen molar-refractivity contribution in [2.24, 2.45) is 0 Å². The van der Waals surface area contributed by atoms with Crippen LogP contribution in [0.5, 0.6) is 0 Å². The second-order valence-electron chi connectivity index (χ2n) is 3.97. The molecule has 0 fully saturated rings. The molecule has 92 valence electrons. The number of hydrogen-bond donors (Lipinski definition) is 1. The number of rotatable bonds is 8. The van der Waals surface area contributed by atoms with Crippen LogP contribution in [0.2, 0.25) is 0 Å². The van der Waals surface area contributed by atoms with Gasteiger partial charge in [0, 0.05) is 0 Å². The molecular weight excluding hydrogens is 255 g/mol. The van der Waals surface area contributed by atoms with Crippen LogP contribution in [0.1, 0.15) is 52.4 Å². The van der Waals surface area contributed by atoms with Gasteiger partial charge in [-0.2, -0.15) is 0 Å². The Morgan fingerprint density at radius 1 is 1.19 bits per heavy atom. The van der Waals surface area contributed by atoms with Crippen molar-refractivity contribution in [3.05, 3.63) is 0 Å². The SMILES string of the molecule is CCCCCCCC(O)C(C)S(=O)(=O)[O-].[K+]. The maximum absolute atomic E-state index is 10.6. The summed E-state index contributed by atoms with van der Waals surface area (Å²) in [6.45, 7) is 3.37. The predicted octanol–water partition coefficient (Wildman–Crippen LogP) is -1.35. The molecule has 0 heterocycles. The molecule has 16 heavy (non-hydrogen) atoms. The van der Waals surface area contributed by atoms with E-state index in [9.17, 15) is 18.1 Å². The number of aliphatic hydroxyl groups is 1. The van der Waals surface area contributed by atoms with E-state index < -0.39 is 21.5 Å². The Balaban J connectivity index is 0. The van der Waals surface area contributed by atoms with Gasteiger partial charge in [0.05, 0.1) is 21.5 Å². The van der Waals surface area contributed by atoms with Crippen molar-refractivity contribution in [2.75, 3.05) is 0 Å². The van der Waals surface area contributed by atoms with Gasteiger partial charge in [0.2, 0.25) is 0 Å². The summed E-state index contributed by atoms with van der Waals surface area (Å²) in [5.41, 5.74) is 0. The molecule has 0 saturated carbocycles. The summed E-state index contributed by atoms with van der Waals surface area (Å²) in [6, 6.07) is 0. The Morgan fingerprint density at radius 3 is 2.12 bits per heavy atom. The molecule has 0 aliphatic rings. The molecule has 0 bridgehead atoms. The van der Waals surface area contributed by atoms with Crippen LogP contribution in [-0.2, 0) is 10.1 Å². The first kappa shape index (κ1) is 19.8. The van der Waals surface area contributed by atoms with Crippen LogP contribution in [0.4, 0.5) is 0 Å². The van der Waals surface area contributed by atoms with Gasteiger partial charge in [0.1, 0.15) is 0 Å². The third-order valence-corrected chi connectivity index (χ3v) is 3.83. The first-order chi connectivity index (χ1) is 6.89. The van der Waals surface area contributed by atoms with Crippen molar-refractivity contribution in [3.63, 3.8) is 0 Å². The van der Waals surface area contributed by atoms with Gasteiger partial charge in [-0.3, -0.25) is 0 Å². The molecule has 2 unspecified atom stereocenters. The summed E-state index contributed by atoms with van der Waals surface area (Å²) in [4.78, 5) is 0. The molecule has 0 aliphatic heterocycles. The molecule has 0 aromatic heterocycles. The minimum absolute atomic E-state index is 0. The fourth-order valence-electron chi connectivity index (χ4n) is 1.38. The normalized spacial score (nSPS) is 15.2. The van der Waals surface area contributed by atoms with E-state index in [2.05, 4.69) is 6.92 Å². The summed E-state index contributed by atoms with van der Waals surface area (Å²) in [5.74, 6) is 0.